The van der Waals surface area contributed by atoms with Gasteiger partial charge in [0, 0.05) is 0 Å². The molecule has 1 aromatic heterocycles. The molecule has 1 aromatic carbocycles. The minimum Gasteiger partial charge on any atom is -0.245 e. The van der Waals surface area contributed by atoms with E-state index >= 15 is 0 Å². The molecule has 0 aliphatic carbocycles. The second kappa shape index (κ2) is 4.71. The lowest BCUT2D eigenvalue weighted by Crippen LogP contribution is -1.73. The highest BCUT2D eigenvalue weighted by Gasteiger charge is 1.97. The number of hydrogen-bond acceptors (Lipinski definition) is 2. The van der Waals surface area contributed by atoms with Gasteiger partial charge in [-0.1, -0.05) is 43.0 Å². The molecule has 0 saturated carbocycles. The maximum Gasteiger partial charge on any atom is 0.0806 e. The van der Waals surface area contributed by atoms with Gasteiger partial charge in [-0.2, -0.15) is 0 Å². The van der Waals surface area contributed by atoms with Crippen molar-refractivity contribution >= 4 is 29.6 Å². The van der Waals surface area contributed by atoms with Crippen LogP contribution in [0.2, 0.25) is 0 Å². The lowest BCUT2D eigenvalue weighted by atomic mass is 10.2. The summed E-state index contributed by atoms with van der Waals surface area (Å²) in [7, 11) is 0. The van der Waals surface area contributed by atoms with Gasteiger partial charge in [0.2, 0.25) is 0 Å². The summed E-state index contributed by atoms with van der Waals surface area (Å²) < 4.78 is 0. The van der Waals surface area contributed by atoms with Crippen LogP contribution in [0.1, 0.15) is 16.1 Å². The average molecular weight is 213 g/mol. The van der Waals surface area contributed by atoms with Crippen molar-refractivity contribution in [1.29, 1.82) is 0 Å². The molecule has 2 aromatic rings. The number of thiazole rings is 1. The van der Waals surface area contributed by atoms with Crippen LogP contribution >= 0.6 is 11.3 Å². The van der Waals surface area contributed by atoms with E-state index < -0.39 is 0 Å². The molecule has 0 fully saturated rings. The van der Waals surface area contributed by atoms with Gasteiger partial charge in [-0.3, -0.25) is 0 Å². The molecule has 0 aliphatic heterocycles. The zero-order chi connectivity index (χ0) is 10.5. The Balaban J connectivity index is 2.22. The smallest absolute Gasteiger partial charge is 0.0806 e. The molecule has 0 unspecified atom stereocenters. The highest BCUT2D eigenvalue weighted by molar-refractivity contribution is 7.10. The van der Waals surface area contributed by atoms with E-state index in [0.29, 0.717) is 0 Å². The first-order chi connectivity index (χ1) is 7.40. The number of rotatable bonds is 3. The molecule has 2 heteroatoms. The van der Waals surface area contributed by atoms with Crippen LogP contribution < -0.4 is 0 Å². The van der Waals surface area contributed by atoms with Crippen molar-refractivity contribution in [2.45, 2.75) is 0 Å². The van der Waals surface area contributed by atoms with Gasteiger partial charge >= 0.3 is 0 Å². The zero-order valence-electron chi connectivity index (χ0n) is 8.26. The Kier molecular flexibility index (Phi) is 3.10. The van der Waals surface area contributed by atoms with Crippen LogP contribution in [0.3, 0.4) is 0 Å². The SMILES string of the molecule is C=Cc1ncsc1/C=C/c1ccccc1. The second-order valence-electron chi connectivity index (χ2n) is 3.05. The van der Waals surface area contributed by atoms with E-state index in [2.05, 4.69) is 35.8 Å². The molecule has 0 saturated heterocycles. The van der Waals surface area contributed by atoms with Gasteiger partial charge in [0.25, 0.3) is 0 Å². The zero-order valence-corrected chi connectivity index (χ0v) is 9.08. The van der Waals surface area contributed by atoms with Gasteiger partial charge < -0.3 is 0 Å². The summed E-state index contributed by atoms with van der Waals surface area (Å²) in [5.74, 6) is 0. The van der Waals surface area contributed by atoms with Crippen LogP contribution in [0.4, 0.5) is 0 Å². The van der Waals surface area contributed by atoms with E-state index in [9.17, 15) is 0 Å². The van der Waals surface area contributed by atoms with E-state index in [-0.39, 0.29) is 0 Å². The largest absolute Gasteiger partial charge is 0.245 e. The fourth-order valence-corrected chi connectivity index (χ4v) is 1.96. The van der Waals surface area contributed by atoms with Gasteiger partial charge in [-0.05, 0) is 17.7 Å². The summed E-state index contributed by atoms with van der Waals surface area (Å²) in [5.41, 5.74) is 3.98. The summed E-state index contributed by atoms with van der Waals surface area (Å²) in [6.07, 6.45) is 5.94. The van der Waals surface area contributed by atoms with Crippen molar-refractivity contribution in [1.82, 2.24) is 4.98 Å². The van der Waals surface area contributed by atoms with Crippen molar-refractivity contribution < 1.29 is 0 Å². The van der Waals surface area contributed by atoms with Crippen LogP contribution in [0.15, 0.2) is 42.4 Å². The van der Waals surface area contributed by atoms with Crippen molar-refractivity contribution in [3.8, 4) is 0 Å². The van der Waals surface area contributed by atoms with Crippen molar-refractivity contribution in [2.75, 3.05) is 0 Å². The van der Waals surface area contributed by atoms with E-state index in [1.807, 2.05) is 23.7 Å². The van der Waals surface area contributed by atoms with Crippen LogP contribution in [-0.2, 0) is 0 Å². The average Bonchev–Trinajstić information content (AvgIpc) is 2.75. The number of aromatic nitrogens is 1. The normalized spacial score (nSPS) is 10.7. The van der Waals surface area contributed by atoms with Crippen LogP contribution in [0.25, 0.3) is 18.2 Å². The lowest BCUT2D eigenvalue weighted by molar-refractivity contribution is 1.38. The third-order valence-electron chi connectivity index (χ3n) is 2.04. The molecule has 0 spiro atoms. The van der Waals surface area contributed by atoms with Gasteiger partial charge in [0.15, 0.2) is 0 Å². The first-order valence-corrected chi connectivity index (χ1v) is 5.57. The molecule has 74 valence electrons. The fourth-order valence-electron chi connectivity index (χ4n) is 1.28. The van der Waals surface area contributed by atoms with Crippen molar-refractivity contribution in [2.24, 2.45) is 0 Å². The standard InChI is InChI=1S/C13H11NS/c1-2-12-13(15-10-14-12)9-8-11-6-4-3-5-7-11/h2-10H,1H2/b9-8+. The highest BCUT2D eigenvalue weighted by atomic mass is 32.1. The fraction of sp³-hybridized carbons (Fsp3) is 0. The summed E-state index contributed by atoms with van der Waals surface area (Å²) in [5, 5.41) is 0. The third kappa shape index (κ3) is 2.42. The van der Waals surface area contributed by atoms with Crippen molar-refractivity contribution in [3.05, 3.63) is 58.6 Å². The maximum atomic E-state index is 4.20. The minimum atomic E-state index is 0.951. The second-order valence-corrected chi connectivity index (χ2v) is 3.94. The van der Waals surface area contributed by atoms with Crippen LogP contribution in [0.5, 0.6) is 0 Å². The molecule has 1 nitrogen and oxygen atoms in total. The van der Waals surface area contributed by atoms with Gasteiger partial charge in [-0.25, -0.2) is 4.98 Å². The van der Waals surface area contributed by atoms with E-state index in [4.69, 9.17) is 0 Å². The Morgan fingerprint density at radius 3 is 2.67 bits per heavy atom. The molecule has 0 atom stereocenters. The van der Waals surface area contributed by atoms with Gasteiger partial charge in [-0.15, -0.1) is 11.3 Å². The first-order valence-electron chi connectivity index (χ1n) is 4.69. The molecule has 0 N–H and O–H groups in total. The molecular formula is C13H11NS. The maximum absolute atomic E-state index is 4.20. The summed E-state index contributed by atoms with van der Waals surface area (Å²) in [6, 6.07) is 10.2. The molecule has 0 aliphatic rings. The molecule has 2 rings (SSSR count). The Labute approximate surface area is 93.4 Å². The minimum absolute atomic E-state index is 0.951. The van der Waals surface area contributed by atoms with E-state index in [0.717, 1.165) is 10.6 Å². The lowest BCUT2D eigenvalue weighted by Gasteiger charge is -1.91. The predicted molar refractivity (Wildman–Crippen MR) is 67.6 cm³/mol. The van der Waals surface area contributed by atoms with E-state index in [1.165, 1.54) is 5.56 Å². The highest BCUT2D eigenvalue weighted by Crippen LogP contribution is 2.17. The Morgan fingerprint density at radius 1 is 1.13 bits per heavy atom. The molecule has 0 amide bonds. The molecule has 0 bridgehead atoms. The molecule has 0 radical (unpaired) electrons. The van der Waals surface area contributed by atoms with Crippen LogP contribution in [0, 0.1) is 0 Å². The Bertz CT molecular complexity index is 468. The monoisotopic (exact) mass is 213 g/mol. The first kappa shape index (κ1) is 9.87. The predicted octanol–water partition coefficient (Wildman–Crippen LogP) is 3.96. The summed E-state index contributed by atoms with van der Waals surface area (Å²) >= 11 is 1.62. The number of hydrogen-bond donors (Lipinski definition) is 0. The van der Waals surface area contributed by atoms with Gasteiger partial charge in [0.1, 0.15) is 0 Å². The van der Waals surface area contributed by atoms with Crippen molar-refractivity contribution in [3.63, 3.8) is 0 Å². The van der Waals surface area contributed by atoms with Gasteiger partial charge in [0.05, 0.1) is 16.1 Å². The summed E-state index contributed by atoms with van der Waals surface area (Å²) in [6.45, 7) is 3.73. The molecule has 15 heavy (non-hydrogen) atoms. The third-order valence-corrected chi connectivity index (χ3v) is 2.85. The Morgan fingerprint density at radius 2 is 1.93 bits per heavy atom. The Hall–Kier alpha value is -1.67. The molecular weight excluding hydrogens is 202 g/mol. The number of nitrogens with zero attached hydrogens (tertiary/aromatic N) is 1. The quantitative estimate of drug-likeness (QED) is 0.752. The molecule has 1 heterocycles. The van der Waals surface area contributed by atoms with E-state index in [1.54, 1.807) is 17.4 Å². The van der Waals surface area contributed by atoms with Crippen LogP contribution in [-0.4, -0.2) is 4.98 Å². The number of benzene rings is 1. The topological polar surface area (TPSA) is 12.9 Å². The summed E-state index contributed by atoms with van der Waals surface area (Å²) in [4.78, 5) is 5.34.